The highest BCUT2D eigenvalue weighted by molar-refractivity contribution is 7.89. The molecule has 1 aromatic heterocycles. The Labute approximate surface area is 170 Å². The summed E-state index contributed by atoms with van der Waals surface area (Å²) in [5.74, 6) is -5.27. The van der Waals surface area contributed by atoms with Gasteiger partial charge in [-0.3, -0.25) is 4.79 Å². The Kier molecular flexibility index (Phi) is 6.85. The van der Waals surface area contributed by atoms with Crippen LogP contribution < -0.4 is 18.9 Å². The van der Waals surface area contributed by atoms with E-state index in [0.29, 0.717) is 12.3 Å². The predicted molar refractivity (Wildman–Crippen MR) is 100 cm³/mol. The number of pyridine rings is 1. The quantitative estimate of drug-likeness (QED) is 0.690. The van der Waals surface area contributed by atoms with E-state index in [1.807, 2.05) is 0 Å². The third-order valence-electron chi connectivity index (χ3n) is 3.21. The van der Waals surface area contributed by atoms with Crippen LogP contribution in [0.25, 0.3) is 0 Å². The van der Waals surface area contributed by atoms with Crippen LogP contribution in [0.3, 0.4) is 0 Å². The molecule has 2 rings (SSSR count). The Balaban J connectivity index is 2.42. The van der Waals surface area contributed by atoms with E-state index < -0.39 is 44.6 Å². The summed E-state index contributed by atoms with van der Waals surface area (Å²) in [7, 11) is -3.03. The number of carbonyl (C=O) groups is 1. The molecule has 1 heterocycles. The number of methoxy groups -OCH3 is 1. The highest BCUT2D eigenvalue weighted by Crippen LogP contribution is 2.36. The van der Waals surface area contributed by atoms with Crippen molar-refractivity contribution in [3.8, 4) is 23.1 Å². The Morgan fingerprint density at radius 2 is 1.93 bits per heavy atom. The van der Waals surface area contributed by atoms with E-state index in [0.717, 1.165) is 7.11 Å². The van der Waals surface area contributed by atoms with Gasteiger partial charge in [0.1, 0.15) is 22.2 Å². The summed E-state index contributed by atoms with van der Waals surface area (Å²) in [4.78, 5) is 15.9. The van der Waals surface area contributed by atoms with Crippen molar-refractivity contribution in [1.82, 2.24) is 9.71 Å². The van der Waals surface area contributed by atoms with Crippen molar-refractivity contribution in [2.45, 2.75) is 20.0 Å². The highest BCUT2D eigenvalue weighted by Gasteiger charge is 2.27. The number of ether oxygens (including phenoxy) is 3. The zero-order valence-electron chi connectivity index (χ0n) is 15.7. The van der Waals surface area contributed by atoms with E-state index in [2.05, 4.69) is 4.98 Å². The molecule has 0 aliphatic heterocycles. The fourth-order valence-corrected chi connectivity index (χ4v) is 2.82. The summed E-state index contributed by atoms with van der Waals surface area (Å²) >= 11 is 6.03. The van der Waals surface area contributed by atoms with Crippen LogP contribution >= 0.6 is 11.6 Å². The van der Waals surface area contributed by atoms with Crippen molar-refractivity contribution in [2.24, 2.45) is 0 Å². The first-order valence-corrected chi connectivity index (χ1v) is 10.3. The normalized spacial score (nSPS) is 11.3. The lowest BCUT2D eigenvalue weighted by molar-refractivity contribution is 0.0973. The Bertz CT molecular complexity index is 1050. The van der Waals surface area contributed by atoms with Gasteiger partial charge >= 0.3 is 0 Å². The lowest BCUT2D eigenvalue weighted by Crippen LogP contribution is -2.30. The molecule has 0 saturated carbocycles. The minimum absolute atomic E-state index is 0.0419. The van der Waals surface area contributed by atoms with Gasteiger partial charge in [0.15, 0.2) is 11.5 Å². The van der Waals surface area contributed by atoms with Crippen molar-refractivity contribution in [3.05, 3.63) is 40.6 Å². The fourth-order valence-electron chi connectivity index (χ4n) is 2.18. The first-order valence-electron chi connectivity index (χ1n) is 8.01. The predicted octanol–water partition coefficient (Wildman–Crippen LogP) is 3.29. The van der Waals surface area contributed by atoms with Gasteiger partial charge in [-0.2, -0.15) is 4.39 Å². The number of benzene rings is 1. The van der Waals surface area contributed by atoms with Crippen LogP contribution in [-0.4, -0.2) is 38.8 Å². The molecule has 1 amide bonds. The second-order valence-electron chi connectivity index (χ2n) is 6.01. The number of carbonyl (C=O) groups excluding carboxylic acids is 1. The van der Waals surface area contributed by atoms with Crippen molar-refractivity contribution >= 4 is 27.5 Å². The molecule has 0 aliphatic rings. The molecular formula is C17H17ClF2N2O6S. The summed E-state index contributed by atoms with van der Waals surface area (Å²) in [6, 6.07) is 1.85. The van der Waals surface area contributed by atoms with Crippen LogP contribution in [0.15, 0.2) is 18.3 Å². The van der Waals surface area contributed by atoms with Gasteiger partial charge in [-0.1, -0.05) is 11.6 Å². The number of hydrogen-bond acceptors (Lipinski definition) is 7. The molecule has 0 saturated heterocycles. The molecule has 0 unspecified atom stereocenters. The number of halogens is 3. The van der Waals surface area contributed by atoms with Gasteiger partial charge in [0.2, 0.25) is 21.7 Å². The minimum atomic E-state index is -4.01. The number of rotatable bonds is 7. The molecule has 12 heteroatoms. The van der Waals surface area contributed by atoms with E-state index >= 15 is 0 Å². The first-order chi connectivity index (χ1) is 13.4. The van der Waals surface area contributed by atoms with Gasteiger partial charge in [0.25, 0.3) is 5.91 Å². The maximum atomic E-state index is 14.7. The summed E-state index contributed by atoms with van der Waals surface area (Å²) in [6.45, 7) is 3.54. The number of sulfonamides is 1. The van der Waals surface area contributed by atoms with Crippen molar-refractivity contribution in [3.63, 3.8) is 0 Å². The van der Waals surface area contributed by atoms with Crippen LogP contribution in [0, 0.1) is 11.6 Å². The lowest BCUT2D eigenvalue weighted by atomic mass is 10.1. The standard InChI is InChI=1S/C17H17ClF2N2O6S/c1-8(2)27-17-10(18)5-9(7-21-17)28-12-6-11(19)13(15(26-3)14(12)20)16(23)22-29(4,24)25/h5-8H,1-4H3,(H,22,23). The molecule has 0 aliphatic carbocycles. The van der Waals surface area contributed by atoms with Crippen molar-refractivity contribution in [1.29, 1.82) is 0 Å². The number of amides is 1. The number of hydrogen-bond donors (Lipinski definition) is 1. The molecule has 2 aromatic rings. The number of nitrogens with zero attached hydrogens (tertiary/aromatic N) is 1. The second kappa shape index (κ2) is 8.78. The summed E-state index contributed by atoms with van der Waals surface area (Å²) in [5, 5.41) is 0.0770. The molecule has 0 spiro atoms. The molecule has 0 fully saturated rings. The topological polar surface area (TPSA) is 104 Å². The average Bonchev–Trinajstić information content (AvgIpc) is 2.57. The smallest absolute Gasteiger partial charge is 0.271 e. The van der Waals surface area contributed by atoms with Gasteiger partial charge in [-0.25, -0.2) is 22.5 Å². The van der Waals surface area contributed by atoms with E-state index in [1.165, 1.54) is 12.3 Å². The monoisotopic (exact) mass is 450 g/mol. The van der Waals surface area contributed by atoms with Crippen LogP contribution in [0.2, 0.25) is 5.02 Å². The number of aromatic nitrogens is 1. The van der Waals surface area contributed by atoms with E-state index in [4.69, 9.17) is 25.8 Å². The summed E-state index contributed by atoms with van der Waals surface area (Å²) in [5.41, 5.74) is -0.931. The molecule has 158 valence electrons. The maximum Gasteiger partial charge on any atom is 0.271 e. The first kappa shape index (κ1) is 22.6. The molecule has 0 bridgehead atoms. The third-order valence-corrected chi connectivity index (χ3v) is 4.03. The summed E-state index contributed by atoms with van der Waals surface area (Å²) in [6.07, 6.45) is 1.68. The van der Waals surface area contributed by atoms with Crippen LogP contribution in [0.5, 0.6) is 23.1 Å². The van der Waals surface area contributed by atoms with Crippen LogP contribution in [0.1, 0.15) is 24.2 Å². The van der Waals surface area contributed by atoms with E-state index in [1.54, 1.807) is 18.6 Å². The molecular weight excluding hydrogens is 434 g/mol. The summed E-state index contributed by atoms with van der Waals surface area (Å²) < 4.78 is 68.5. The third kappa shape index (κ3) is 5.67. The molecule has 29 heavy (non-hydrogen) atoms. The molecule has 8 nitrogen and oxygen atoms in total. The maximum absolute atomic E-state index is 14.7. The lowest BCUT2D eigenvalue weighted by Gasteiger charge is -2.15. The molecule has 0 radical (unpaired) electrons. The van der Waals surface area contributed by atoms with Gasteiger partial charge in [0, 0.05) is 12.1 Å². The van der Waals surface area contributed by atoms with Gasteiger partial charge in [-0.05, 0) is 13.8 Å². The van der Waals surface area contributed by atoms with Crippen molar-refractivity contribution in [2.75, 3.05) is 13.4 Å². The molecule has 1 aromatic carbocycles. The minimum Gasteiger partial charge on any atom is -0.493 e. The molecule has 0 atom stereocenters. The largest absolute Gasteiger partial charge is 0.493 e. The van der Waals surface area contributed by atoms with E-state index in [9.17, 15) is 22.0 Å². The zero-order chi connectivity index (χ0) is 21.9. The average molecular weight is 451 g/mol. The zero-order valence-corrected chi connectivity index (χ0v) is 17.3. The molecule has 1 N–H and O–H groups in total. The Morgan fingerprint density at radius 3 is 2.45 bits per heavy atom. The van der Waals surface area contributed by atoms with Gasteiger partial charge in [0.05, 0.1) is 25.7 Å². The van der Waals surface area contributed by atoms with Crippen molar-refractivity contribution < 1.29 is 36.2 Å². The fraction of sp³-hybridized carbons (Fsp3) is 0.294. The number of nitrogens with one attached hydrogen (secondary N) is 1. The Hall–Kier alpha value is -2.66. The van der Waals surface area contributed by atoms with Crippen LogP contribution in [0.4, 0.5) is 8.78 Å². The SMILES string of the molecule is COc1c(F)c(Oc2cnc(OC(C)C)c(Cl)c2)cc(F)c1C(=O)NS(C)(=O)=O. The second-order valence-corrected chi connectivity index (χ2v) is 8.16. The van der Waals surface area contributed by atoms with Gasteiger partial charge in [-0.15, -0.1) is 0 Å². The van der Waals surface area contributed by atoms with E-state index in [-0.39, 0.29) is 22.8 Å². The Morgan fingerprint density at radius 1 is 1.28 bits per heavy atom. The van der Waals surface area contributed by atoms with Gasteiger partial charge < -0.3 is 14.2 Å². The van der Waals surface area contributed by atoms with Crippen LogP contribution in [-0.2, 0) is 10.0 Å². The highest BCUT2D eigenvalue weighted by atomic mass is 35.5.